The maximum atomic E-state index is 10.5. The molecule has 0 fully saturated rings. The van der Waals surface area contributed by atoms with Gasteiger partial charge in [0.15, 0.2) is 0 Å². The van der Waals surface area contributed by atoms with E-state index in [9.17, 15) is 10.1 Å². The molecule has 0 spiro atoms. The van der Waals surface area contributed by atoms with E-state index in [1.807, 2.05) is 0 Å². The third-order valence-corrected chi connectivity index (χ3v) is 1.55. The fourth-order valence-electron chi connectivity index (χ4n) is 0.925. The molecule has 0 aliphatic carbocycles. The van der Waals surface area contributed by atoms with Gasteiger partial charge < -0.3 is 10.4 Å². The van der Waals surface area contributed by atoms with Gasteiger partial charge in [-0.2, -0.15) is 0 Å². The molecule has 1 rings (SSSR count). The van der Waals surface area contributed by atoms with Crippen molar-refractivity contribution in [2.24, 2.45) is 0 Å². The minimum Gasteiger partial charge on any atom is -0.392 e. The van der Waals surface area contributed by atoms with E-state index in [1.54, 1.807) is 6.92 Å². The van der Waals surface area contributed by atoms with Crippen LogP contribution in [0.2, 0.25) is 0 Å². The minimum atomic E-state index is -0.573. The molecule has 1 atom stereocenters. The average molecular weight is 197 g/mol. The van der Waals surface area contributed by atoms with Crippen LogP contribution in [0.3, 0.4) is 0 Å². The van der Waals surface area contributed by atoms with Crippen LogP contribution in [0.1, 0.15) is 6.92 Å². The van der Waals surface area contributed by atoms with Crippen LogP contribution in [0, 0.1) is 10.1 Å². The van der Waals surface area contributed by atoms with Gasteiger partial charge in [-0.15, -0.1) is 0 Å². The smallest absolute Gasteiger partial charge is 0.311 e. The Hall–Kier alpha value is -1.69. The Morgan fingerprint density at radius 2 is 2.50 bits per heavy atom. The molecule has 6 nitrogen and oxygen atoms in total. The van der Waals surface area contributed by atoms with Crippen LogP contribution < -0.4 is 5.32 Å². The lowest BCUT2D eigenvalue weighted by molar-refractivity contribution is -0.384. The maximum absolute atomic E-state index is 10.5. The summed E-state index contributed by atoms with van der Waals surface area (Å²) < 4.78 is 0. The van der Waals surface area contributed by atoms with Crippen LogP contribution >= 0.6 is 0 Å². The van der Waals surface area contributed by atoms with Crippen molar-refractivity contribution in [2.45, 2.75) is 13.0 Å². The Balaban J connectivity index is 2.79. The zero-order chi connectivity index (χ0) is 10.6. The summed E-state index contributed by atoms with van der Waals surface area (Å²) >= 11 is 0. The average Bonchev–Trinajstić information content (AvgIpc) is 2.15. The number of nitrogens with one attached hydrogen (secondary N) is 1. The fourth-order valence-corrected chi connectivity index (χ4v) is 0.925. The summed E-state index contributed by atoms with van der Waals surface area (Å²) in [7, 11) is 0. The van der Waals surface area contributed by atoms with Gasteiger partial charge in [0.1, 0.15) is 0 Å². The van der Waals surface area contributed by atoms with E-state index in [2.05, 4.69) is 10.3 Å². The number of rotatable bonds is 4. The summed E-state index contributed by atoms with van der Waals surface area (Å²) in [5, 5.41) is 22.2. The van der Waals surface area contributed by atoms with E-state index in [0.29, 0.717) is 0 Å². The van der Waals surface area contributed by atoms with Gasteiger partial charge in [-0.05, 0) is 13.0 Å². The highest BCUT2D eigenvalue weighted by molar-refractivity contribution is 5.54. The van der Waals surface area contributed by atoms with Crippen LogP contribution in [0.25, 0.3) is 0 Å². The second-order valence-electron chi connectivity index (χ2n) is 2.86. The SMILES string of the molecule is C[C@H](O)CNc1ncccc1[N+](=O)[O-]. The molecule has 0 saturated carbocycles. The molecule has 0 aromatic carbocycles. The molecule has 1 aromatic rings. The minimum absolute atomic E-state index is 0.0897. The molecule has 14 heavy (non-hydrogen) atoms. The lowest BCUT2D eigenvalue weighted by Crippen LogP contribution is -2.16. The Bertz CT molecular complexity index is 327. The summed E-state index contributed by atoms with van der Waals surface area (Å²) in [5.74, 6) is 0.179. The lowest BCUT2D eigenvalue weighted by Gasteiger charge is -2.06. The molecule has 2 N–H and O–H groups in total. The Kier molecular flexibility index (Phi) is 3.35. The van der Waals surface area contributed by atoms with Crippen molar-refractivity contribution < 1.29 is 10.0 Å². The van der Waals surface area contributed by atoms with Gasteiger partial charge in [0, 0.05) is 18.8 Å². The number of aliphatic hydroxyl groups is 1. The van der Waals surface area contributed by atoms with Crippen LogP contribution in [0.4, 0.5) is 11.5 Å². The Morgan fingerprint density at radius 1 is 1.79 bits per heavy atom. The molecule has 76 valence electrons. The van der Waals surface area contributed by atoms with Crippen LogP contribution in [-0.2, 0) is 0 Å². The predicted molar refractivity (Wildman–Crippen MR) is 51.1 cm³/mol. The number of pyridine rings is 1. The second kappa shape index (κ2) is 4.52. The molecule has 1 aromatic heterocycles. The molecule has 0 radical (unpaired) electrons. The molecule has 0 amide bonds. The number of nitrogens with zero attached hydrogens (tertiary/aromatic N) is 2. The van der Waals surface area contributed by atoms with Gasteiger partial charge >= 0.3 is 5.69 Å². The van der Waals surface area contributed by atoms with Gasteiger partial charge in [-0.1, -0.05) is 0 Å². The molecule has 0 aliphatic heterocycles. The molecular weight excluding hydrogens is 186 g/mol. The predicted octanol–water partition coefficient (Wildman–Crippen LogP) is 0.782. The van der Waals surface area contributed by atoms with E-state index in [-0.39, 0.29) is 18.1 Å². The normalized spacial score (nSPS) is 12.1. The van der Waals surface area contributed by atoms with Gasteiger partial charge in [-0.3, -0.25) is 10.1 Å². The van der Waals surface area contributed by atoms with Crippen molar-refractivity contribution in [3.63, 3.8) is 0 Å². The second-order valence-corrected chi connectivity index (χ2v) is 2.86. The molecule has 0 saturated heterocycles. The van der Waals surface area contributed by atoms with E-state index in [4.69, 9.17) is 5.11 Å². The molecule has 6 heteroatoms. The zero-order valence-corrected chi connectivity index (χ0v) is 7.67. The van der Waals surface area contributed by atoms with Gasteiger partial charge in [-0.25, -0.2) is 4.98 Å². The zero-order valence-electron chi connectivity index (χ0n) is 7.67. The largest absolute Gasteiger partial charge is 0.392 e. The number of hydrogen-bond acceptors (Lipinski definition) is 5. The number of nitro groups is 1. The third-order valence-electron chi connectivity index (χ3n) is 1.55. The van der Waals surface area contributed by atoms with Crippen molar-refractivity contribution in [1.29, 1.82) is 0 Å². The summed E-state index contributed by atoms with van der Waals surface area (Å²) in [6.45, 7) is 1.82. The van der Waals surface area contributed by atoms with Crippen molar-refractivity contribution in [2.75, 3.05) is 11.9 Å². The molecular formula is C8H11N3O3. The fraction of sp³-hybridized carbons (Fsp3) is 0.375. The standard InChI is InChI=1S/C8H11N3O3/c1-6(12)5-10-8-7(11(13)14)3-2-4-9-8/h2-4,6,12H,5H2,1H3,(H,9,10)/t6-/m0/s1. The van der Waals surface area contributed by atoms with Crippen LogP contribution in [0.15, 0.2) is 18.3 Å². The molecule has 0 unspecified atom stereocenters. The van der Waals surface area contributed by atoms with Crippen molar-refractivity contribution in [1.82, 2.24) is 4.98 Å². The van der Waals surface area contributed by atoms with Gasteiger partial charge in [0.2, 0.25) is 5.82 Å². The van der Waals surface area contributed by atoms with E-state index in [1.165, 1.54) is 18.3 Å². The summed E-state index contributed by atoms with van der Waals surface area (Å²) in [6.07, 6.45) is 0.883. The Morgan fingerprint density at radius 3 is 3.07 bits per heavy atom. The summed E-state index contributed by atoms with van der Waals surface area (Å²) in [4.78, 5) is 13.8. The van der Waals surface area contributed by atoms with E-state index >= 15 is 0 Å². The first-order valence-electron chi connectivity index (χ1n) is 4.12. The monoisotopic (exact) mass is 197 g/mol. The summed E-state index contributed by atoms with van der Waals surface area (Å²) in [6, 6.07) is 2.85. The van der Waals surface area contributed by atoms with Crippen molar-refractivity contribution in [3.05, 3.63) is 28.4 Å². The maximum Gasteiger partial charge on any atom is 0.311 e. The van der Waals surface area contributed by atoms with E-state index in [0.717, 1.165) is 0 Å². The van der Waals surface area contributed by atoms with Crippen LogP contribution in [-0.4, -0.2) is 27.7 Å². The number of aromatic nitrogens is 1. The summed E-state index contributed by atoms with van der Waals surface area (Å²) in [5.41, 5.74) is -0.0897. The van der Waals surface area contributed by atoms with Crippen molar-refractivity contribution >= 4 is 11.5 Å². The highest BCUT2D eigenvalue weighted by Gasteiger charge is 2.13. The molecule has 0 aliphatic rings. The lowest BCUT2D eigenvalue weighted by atomic mass is 10.3. The molecule has 1 heterocycles. The Labute approximate surface area is 80.7 Å². The van der Waals surface area contributed by atoms with Crippen LogP contribution in [0.5, 0.6) is 0 Å². The molecule has 0 bridgehead atoms. The van der Waals surface area contributed by atoms with Gasteiger partial charge in [0.25, 0.3) is 0 Å². The first-order chi connectivity index (χ1) is 6.61. The topological polar surface area (TPSA) is 88.3 Å². The first kappa shape index (κ1) is 10.4. The highest BCUT2D eigenvalue weighted by Crippen LogP contribution is 2.19. The quantitative estimate of drug-likeness (QED) is 0.550. The highest BCUT2D eigenvalue weighted by atomic mass is 16.6. The van der Waals surface area contributed by atoms with E-state index < -0.39 is 11.0 Å². The van der Waals surface area contributed by atoms with Gasteiger partial charge in [0.05, 0.1) is 11.0 Å². The number of aliphatic hydroxyl groups excluding tert-OH is 1. The number of hydrogen-bond donors (Lipinski definition) is 2. The first-order valence-corrected chi connectivity index (χ1v) is 4.12. The number of anilines is 1. The van der Waals surface area contributed by atoms with Crippen molar-refractivity contribution in [3.8, 4) is 0 Å². The third kappa shape index (κ3) is 2.67.